The molecule has 0 unspecified atom stereocenters. The van der Waals surface area contributed by atoms with E-state index in [1.807, 2.05) is 55.5 Å². The van der Waals surface area contributed by atoms with Crippen molar-refractivity contribution in [3.05, 3.63) is 65.2 Å². The van der Waals surface area contributed by atoms with Gasteiger partial charge in [0.15, 0.2) is 0 Å². The van der Waals surface area contributed by atoms with Crippen molar-refractivity contribution in [1.29, 1.82) is 5.26 Å². The quantitative estimate of drug-likeness (QED) is 0.801. The maximum absolute atomic E-state index is 12.9. The molecule has 2 aromatic carbocycles. The van der Waals surface area contributed by atoms with E-state index in [4.69, 9.17) is 5.26 Å². The third-order valence-electron chi connectivity index (χ3n) is 4.16. The van der Waals surface area contributed by atoms with Gasteiger partial charge in [0.05, 0.1) is 12.5 Å². The highest BCUT2D eigenvalue weighted by Gasteiger charge is 2.17. The molecule has 4 nitrogen and oxygen atoms in total. The minimum absolute atomic E-state index is 0.171. The lowest BCUT2D eigenvalue weighted by Gasteiger charge is -2.24. The zero-order valence-corrected chi connectivity index (χ0v) is 15.1. The van der Waals surface area contributed by atoms with Crippen molar-refractivity contribution < 1.29 is 4.79 Å². The number of urea groups is 1. The second-order valence-electron chi connectivity index (χ2n) is 6.44. The van der Waals surface area contributed by atoms with E-state index in [9.17, 15) is 4.79 Å². The fraction of sp³-hybridized carbons (Fsp3) is 0.333. The number of nitrogens with one attached hydrogen (secondary N) is 1. The van der Waals surface area contributed by atoms with E-state index < -0.39 is 0 Å². The van der Waals surface area contributed by atoms with Gasteiger partial charge < -0.3 is 10.2 Å². The Hall–Kier alpha value is -2.80. The van der Waals surface area contributed by atoms with Gasteiger partial charge in [-0.25, -0.2) is 4.79 Å². The Kier molecular flexibility index (Phi) is 6.59. The van der Waals surface area contributed by atoms with E-state index in [1.165, 1.54) is 0 Å². The standard InChI is InChI=1S/C21H25N3O/c1-16(2)19-12-7-9-17(3)20(19)23-21(25)24(14-8-13-22)15-18-10-5-4-6-11-18/h4-7,9-12,16H,8,14-15H2,1-3H3,(H,23,25). The van der Waals surface area contributed by atoms with Crippen molar-refractivity contribution in [3.63, 3.8) is 0 Å². The number of aryl methyl sites for hydroxylation is 1. The Morgan fingerprint density at radius 2 is 1.88 bits per heavy atom. The molecule has 0 saturated heterocycles. The molecule has 2 aromatic rings. The van der Waals surface area contributed by atoms with Gasteiger partial charge in [-0.1, -0.05) is 62.4 Å². The van der Waals surface area contributed by atoms with Gasteiger partial charge in [-0.05, 0) is 29.5 Å². The fourth-order valence-corrected chi connectivity index (χ4v) is 2.77. The van der Waals surface area contributed by atoms with Crippen LogP contribution < -0.4 is 5.32 Å². The summed E-state index contributed by atoms with van der Waals surface area (Å²) in [6.45, 7) is 7.11. The number of amides is 2. The highest BCUT2D eigenvalue weighted by atomic mass is 16.2. The Labute approximate surface area is 150 Å². The molecule has 2 rings (SSSR count). The van der Waals surface area contributed by atoms with E-state index in [0.29, 0.717) is 25.4 Å². The second kappa shape index (κ2) is 8.89. The number of para-hydroxylation sites is 1. The van der Waals surface area contributed by atoms with Gasteiger partial charge in [0, 0.05) is 18.8 Å². The van der Waals surface area contributed by atoms with Crippen LogP contribution in [0.4, 0.5) is 10.5 Å². The molecule has 0 aliphatic rings. The average molecular weight is 335 g/mol. The monoisotopic (exact) mass is 335 g/mol. The van der Waals surface area contributed by atoms with Gasteiger partial charge in [-0.15, -0.1) is 0 Å². The first-order chi connectivity index (χ1) is 12.0. The van der Waals surface area contributed by atoms with Crippen LogP contribution in [0.25, 0.3) is 0 Å². The minimum atomic E-state index is -0.171. The summed E-state index contributed by atoms with van der Waals surface area (Å²) in [5.74, 6) is 0.317. The number of nitriles is 1. The molecular formula is C21H25N3O. The van der Waals surface area contributed by atoms with Gasteiger partial charge in [-0.3, -0.25) is 0 Å². The van der Waals surface area contributed by atoms with E-state index in [-0.39, 0.29) is 6.03 Å². The van der Waals surface area contributed by atoms with E-state index in [2.05, 4.69) is 25.2 Å². The summed E-state index contributed by atoms with van der Waals surface area (Å²) >= 11 is 0. The largest absolute Gasteiger partial charge is 0.322 e. The molecule has 1 N–H and O–H groups in total. The van der Waals surface area contributed by atoms with Crippen molar-refractivity contribution >= 4 is 11.7 Å². The fourth-order valence-electron chi connectivity index (χ4n) is 2.77. The highest BCUT2D eigenvalue weighted by molar-refractivity contribution is 5.91. The lowest BCUT2D eigenvalue weighted by molar-refractivity contribution is 0.210. The summed E-state index contributed by atoms with van der Waals surface area (Å²) in [4.78, 5) is 14.5. The Morgan fingerprint density at radius 3 is 2.52 bits per heavy atom. The molecule has 0 aromatic heterocycles. The third kappa shape index (κ3) is 5.09. The van der Waals surface area contributed by atoms with Crippen LogP contribution in [0.15, 0.2) is 48.5 Å². The predicted molar refractivity (Wildman–Crippen MR) is 101 cm³/mol. The Morgan fingerprint density at radius 1 is 1.16 bits per heavy atom. The van der Waals surface area contributed by atoms with E-state index in [0.717, 1.165) is 22.4 Å². The first-order valence-electron chi connectivity index (χ1n) is 8.59. The molecule has 0 saturated carbocycles. The molecule has 130 valence electrons. The first kappa shape index (κ1) is 18.5. The molecule has 0 heterocycles. The number of hydrogen-bond donors (Lipinski definition) is 1. The summed E-state index contributed by atoms with van der Waals surface area (Å²) in [5.41, 5.74) is 4.08. The van der Waals surface area contributed by atoms with E-state index in [1.54, 1.807) is 4.90 Å². The number of benzene rings is 2. The topological polar surface area (TPSA) is 56.1 Å². The third-order valence-corrected chi connectivity index (χ3v) is 4.16. The van der Waals surface area contributed by atoms with Crippen LogP contribution in [0.5, 0.6) is 0 Å². The van der Waals surface area contributed by atoms with Crippen LogP contribution in [-0.2, 0) is 6.54 Å². The molecule has 0 atom stereocenters. The molecule has 25 heavy (non-hydrogen) atoms. The minimum Gasteiger partial charge on any atom is -0.319 e. The van der Waals surface area contributed by atoms with Crippen LogP contribution in [0.2, 0.25) is 0 Å². The van der Waals surface area contributed by atoms with Gasteiger partial charge in [0.1, 0.15) is 0 Å². The Bertz CT molecular complexity index is 747. The second-order valence-corrected chi connectivity index (χ2v) is 6.44. The van der Waals surface area contributed by atoms with Crippen LogP contribution in [-0.4, -0.2) is 17.5 Å². The number of carbonyl (C=O) groups excluding carboxylic acids is 1. The van der Waals surface area contributed by atoms with Crippen molar-refractivity contribution in [2.24, 2.45) is 0 Å². The van der Waals surface area contributed by atoms with Gasteiger partial charge in [-0.2, -0.15) is 5.26 Å². The predicted octanol–water partition coefficient (Wildman–Crippen LogP) is 5.07. The Balaban J connectivity index is 2.21. The van der Waals surface area contributed by atoms with Crippen molar-refractivity contribution in [3.8, 4) is 6.07 Å². The summed E-state index contributed by atoms with van der Waals surface area (Å²) in [6, 6.07) is 17.8. The van der Waals surface area contributed by atoms with Crippen molar-refractivity contribution in [2.45, 2.75) is 39.7 Å². The van der Waals surface area contributed by atoms with Crippen LogP contribution in [0.1, 0.15) is 42.9 Å². The number of anilines is 1. The number of carbonyl (C=O) groups is 1. The number of rotatable bonds is 6. The molecule has 0 fully saturated rings. The zero-order chi connectivity index (χ0) is 18.2. The molecule has 0 spiro atoms. The summed E-state index contributed by atoms with van der Waals surface area (Å²) in [7, 11) is 0. The molecule has 4 heteroatoms. The number of nitrogens with zero attached hydrogens (tertiary/aromatic N) is 2. The van der Waals surface area contributed by atoms with Gasteiger partial charge in [0.2, 0.25) is 0 Å². The molecule has 0 bridgehead atoms. The summed E-state index contributed by atoms with van der Waals surface area (Å²) < 4.78 is 0. The van der Waals surface area contributed by atoms with E-state index >= 15 is 0 Å². The highest BCUT2D eigenvalue weighted by Crippen LogP contribution is 2.27. The van der Waals surface area contributed by atoms with Crippen LogP contribution in [0.3, 0.4) is 0 Å². The molecule has 0 aliphatic carbocycles. The maximum atomic E-state index is 12.9. The maximum Gasteiger partial charge on any atom is 0.322 e. The van der Waals surface area contributed by atoms with Crippen LogP contribution >= 0.6 is 0 Å². The molecule has 0 radical (unpaired) electrons. The van der Waals surface area contributed by atoms with Gasteiger partial charge in [0.25, 0.3) is 0 Å². The number of hydrogen-bond acceptors (Lipinski definition) is 2. The van der Waals surface area contributed by atoms with Crippen molar-refractivity contribution in [1.82, 2.24) is 4.90 Å². The molecular weight excluding hydrogens is 310 g/mol. The lowest BCUT2D eigenvalue weighted by atomic mass is 9.98. The summed E-state index contributed by atoms with van der Waals surface area (Å²) in [5, 5.41) is 12.0. The zero-order valence-electron chi connectivity index (χ0n) is 15.1. The SMILES string of the molecule is Cc1cccc(C(C)C)c1NC(=O)N(CCC#N)Cc1ccccc1. The normalized spacial score (nSPS) is 10.4. The first-order valence-corrected chi connectivity index (χ1v) is 8.59. The van der Waals surface area contributed by atoms with Gasteiger partial charge >= 0.3 is 6.03 Å². The van der Waals surface area contributed by atoms with Crippen molar-refractivity contribution in [2.75, 3.05) is 11.9 Å². The summed E-state index contributed by atoms with van der Waals surface area (Å²) in [6.07, 6.45) is 0.311. The lowest BCUT2D eigenvalue weighted by Crippen LogP contribution is -2.35. The molecule has 0 aliphatic heterocycles. The average Bonchev–Trinajstić information content (AvgIpc) is 2.60. The van der Waals surface area contributed by atoms with Crippen LogP contribution in [0, 0.1) is 18.3 Å². The molecule has 2 amide bonds. The smallest absolute Gasteiger partial charge is 0.319 e.